The van der Waals surface area contributed by atoms with Crippen molar-refractivity contribution in [1.82, 2.24) is 16.0 Å². The molecular weight excluding hydrogens is 546 g/mol. The van der Waals surface area contributed by atoms with Crippen LogP contribution in [0, 0.1) is 5.41 Å². The van der Waals surface area contributed by atoms with Crippen LogP contribution in [0.15, 0.2) is 60.7 Å². The van der Waals surface area contributed by atoms with Gasteiger partial charge in [0.05, 0.1) is 24.3 Å². The molecule has 3 rings (SSSR count). The van der Waals surface area contributed by atoms with E-state index in [1.165, 1.54) is 0 Å². The molecule has 0 saturated heterocycles. The Kier molecular flexibility index (Phi) is 12.2. The lowest BCUT2D eigenvalue weighted by Crippen LogP contribution is -2.61. The molecule has 0 bridgehead atoms. The highest BCUT2D eigenvalue weighted by Gasteiger charge is 2.51. The molecular formula is C34H51N3O6. The van der Waals surface area contributed by atoms with Crippen LogP contribution in [0.25, 0.3) is 0 Å². The van der Waals surface area contributed by atoms with E-state index in [1.807, 2.05) is 74.5 Å². The van der Waals surface area contributed by atoms with Gasteiger partial charge in [0.15, 0.2) is 0 Å². The third-order valence-corrected chi connectivity index (χ3v) is 8.34. The summed E-state index contributed by atoms with van der Waals surface area (Å²) in [6.07, 6.45) is 0.948. The van der Waals surface area contributed by atoms with Crippen LogP contribution in [0.4, 0.5) is 4.79 Å². The fraction of sp³-hybridized carbons (Fsp3) is 0.588. The van der Waals surface area contributed by atoms with E-state index in [2.05, 4.69) is 16.0 Å². The Hall–Kier alpha value is -2.98. The zero-order valence-corrected chi connectivity index (χ0v) is 26.3. The van der Waals surface area contributed by atoms with Gasteiger partial charge in [-0.15, -0.1) is 0 Å². The molecule has 0 aliphatic heterocycles. The standard InChI is InChI=1S/C34H51N3O6/c1-32(2,3)43-31(41)37-27(21-25-16-10-7-11-17-25)29(39)23-35-22-28(38)26(20-24-14-8-6-9-15-24)36-30(40)34(42)19-13-12-18-33(34,4)5/h6-11,14-17,26-29,35,38-39,42H,12-13,18-23H2,1-5H3,(H,36,40)(H,37,41)/t26-,27-,28+,29+,34?/m0/s1. The quantitative estimate of drug-likeness (QED) is 0.208. The highest BCUT2D eigenvalue weighted by atomic mass is 16.6. The Bertz CT molecular complexity index is 1150. The number of amides is 2. The first-order valence-corrected chi connectivity index (χ1v) is 15.4. The second kappa shape index (κ2) is 15.1. The Labute approximate surface area is 256 Å². The molecule has 0 aromatic heterocycles. The van der Waals surface area contributed by atoms with Gasteiger partial charge in [-0.2, -0.15) is 0 Å². The van der Waals surface area contributed by atoms with Crippen molar-refractivity contribution in [2.24, 2.45) is 5.41 Å². The van der Waals surface area contributed by atoms with Gasteiger partial charge in [0, 0.05) is 18.5 Å². The van der Waals surface area contributed by atoms with Crippen molar-refractivity contribution in [2.75, 3.05) is 13.1 Å². The maximum Gasteiger partial charge on any atom is 0.407 e. The van der Waals surface area contributed by atoms with Crippen LogP contribution in [0.1, 0.15) is 71.4 Å². The van der Waals surface area contributed by atoms with Crippen LogP contribution >= 0.6 is 0 Å². The summed E-state index contributed by atoms with van der Waals surface area (Å²) in [4.78, 5) is 26.1. The molecule has 0 heterocycles. The van der Waals surface area contributed by atoms with Crippen LogP contribution in [-0.4, -0.2) is 75.9 Å². The Morgan fingerprint density at radius 1 is 0.814 bits per heavy atom. The van der Waals surface area contributed by atoms with Crippen molar-refractivity contribution in [3.05, 3.63) is 71.8 Å². The maximum atomic E-state index is 13.5. The third-order valence-electron chi connectivity index (χ3n) is 8.34. The lowest BCUT2D eigenvalue weighted by molar-refractivity contribution is -0.161. The zero-order chi connectivity index (χ0) is 31.7. The van der Waals surface area contributed by atoms with Gasteiger partial charge in [-0.25, -0.2) is 4.79 Å². The van der Waals surface area contributed by atoms with E-state index < -0.39 is 52.9 Å². The van der Waals surface area contributed by atoms with E-state index >= 15 is 0 Å². The zero-order valence-electron chi connectivity index (χ0n) is 26.3. The molecule has 1 unspecified atom stereocenters. The molecule has 1 saturated carbocycles. The first-order chi connectivity index (χ1) is 20.2. The summed E-state index contributed by atoms with van der Waals surface area (Å²) in [5, 5.41) is 42.7. The first kappa shape index (κ1) is 34.5. The molecule has 9 heteroatoms. The summed E-state index contributed by atoms with van der Waals surface area (Å²) in [7, 11) is 0. The third kappa shape index (κ3) is 10.3. The molecule has 2 aromatic carbocycles. The molecule has 0 radical (unpaired) electrons. The number of nitrogens with one attached hydrogen (secondary N) is 3. The number of aliphatic hydroxyl groups is 3. The summed E-state index contributed by atoms with van der Waals surface area (Å²) in [5.74, 6) is -0.471. The topological polar surface area (TPSA) is 140 Å². The predicted octanol–water partition coefficient (Wildman–Crippen LogP) is 3.49. The molecule has 1 aliphatic carbocycles. The van der Waals surface area contributed by atoms with Crippen molar-refractivity contribution in [1.29, 1.82) is 0 Å². The van der Waals surface area contributed by atoms with E-state index in [9.17, 15) is 24.9 Å². The van der Waals surface area contributed by atoms with E-state index in [1.54, 1.807) is 20.8 Å². The number of carbonyl (C=O) groups is 2. The minimum atomic E-state index is -1.53. The molecule has 5 atom stereocenters. The van der Waals surface area contributed by atoms with Crippen LogP contribution in [-0.2, 0) is 22.4 Å². The maximum absolute atomic E-state index is 13.5. The Morgan fingerprint density at radius 2 is 1.28 bits per heavy atom. The van der Waals surface area contributed by atoms with Gasteiger partial charge in [0.2, 0.25) is 0 Å². The van der Waals surface area contributed by atoms with E-state index in [-0.39, 0.29) is 13.1 Å². The van der Waals surface area contributed by atoms with E-state index in [0.717, 1.165) is 30.4 Å². The number of hydrogen-bond donors (Lipinski definition) is 6. The average molecular weight is 598 g/mol. The molecule has 6 N–H and O–H groups in total. The van der Waals surface area contributed by atoms with Crippen LogP contribution < -0.4 is 16.0 Å². The minimum Gasteiger partial charge on any atom is -0.444 e. The fourth-order valence-electron chi connectivity index (χ4n) is 5.63. The number of hydrogen-bond acceptors (Lipinski definition) is 7. The molecule has 9 nitrogen and oxygen atoms in total. The summed E-state index contributed by atoms with van der Waals surface area (Å²) < 4.78 is 5.41. The lowest BCUT2D eigenvalue weighted by Gasteiger charge is -2.45. The number of aliphatic hydroxyl groups excluding tert-OH is 2. The second-order valence-corrected chi connectivity index (χ2v) is 13.5. The summed E-state index contributed by atoms with van der Waals surface area (Å²) in [5.41, 5.74) is -0.924. The highest BCUT2D eigenvalue weighted by Crippen LogP contribution is 2.44. The summed E-state index contributed by atoms with van der Waals surface area (Å²) >= 11 is 0. The largest absolute Gasteiger partial charge is 0.444 e. The van der Waals surface area contributed by atoms with Gasteiger partial charge in [-0.3, -0.25) is 4.79 Å². The van der Waals surface area contributed by atoms with Crippen molar-refractivity contribution in [3.63, 3.8) is 0 Å². The second-order valence-electron chi connectivity index (χ2n) is 13.5. The Morgan fingerprint density at radius 3 is 1.74 bits per heavy atom. The van der Waals surface area contributed by atoms with Crippen LogP contribution in [0.5, 0.6) is 0 Å². The van der Waals surface area contributed by atoms with Gasteiger partial charge < -0.3 is 36.0 Å². The van der Waals surface area contributed by atoms with Crippen LogP contribution in [0.3, 0.4) is 0 Å². The van der Waals surface area contributed by atoms with Gasteiger partial charge in [-0.05, 0) is 64.0 Å². The SMILES string of the molecule is CC(C)(C)OC(=O)N[C@@H](Cc1ccccc1)[C@H](O)CNC[C@@H](O)[C@H](Cc1ccccc1)NC(=O)C1(O)CCCCC1(C)C. The van der Waals surface area contributed by atoms with E-state index in [4.69, 9.17) is 4.74 Å². The summed E-state index contributed by atoms with van der Waals surface area (Å²) in [6.45, 7) is 9.29. The number of rotatable bonds is 13. The molecule has 1 aliphatic rings. The van der Waals surface area contributed by atoms with Crippen molar-refractivity contribution >= 4 is 12.0 Å². The average Bonchev–Trinajstić information content (AvgIpc) is 2.93. The monoisotopic (exact) mass is 597 g/mol. The number of alkyl carbamates (subject to hydrolysis) is 1. The lowest BCUT2D eigenvalue weighted by atomic mass is 9.65. The van der Waals surface area contributed by atoms with Crippen molar-refractivity contribution < 1.29 is 29.6 Å². The summed E-state index contributed by atoms with van der Waals surface area (Å²) in [6, 6.07) is 17.8. The van der Waals surface area contributed by atoms with Gasteiger partial charge >= 0.3 is 6.09 Å². The number of benzene rings is 2. The smallest absolute Gasteiger partial charge is 0.407 e. The Balaban J connectivity index is 1.67. The molecule has 2 aromatic rings. The van der Waals surface area contributed by atoms with Crippen LogP contribution in [0.2, 0.25) is 0 Å². The number of ether oxygens (including phenoxy) is 1. The molecule has 1 fully saturated rings. The van der Waals surface area contributed by atoms with Gasteiger partial charge in [0.25, 0.3) is 5.91 Å². The minimum absolute atomic E-state index is 0.0706. The normalized spacial score (nSPS) is 21.2. The first-order valence-electron chi connectivity index (χ1n) is 15.4. The molecule has 238 valence electrons. The van der Waals surface area contributed by atoms with Gasteiger partial charge in [0.1, 0.15) is 11.2 Å². The van der Waals surface area contributed by atoms with Gasteiger partial charge in [-0.1, -0.05) is 80.9 Å². The molecule has 2 amide bonds. The number of carbonyl (C=O) groups excluding carboxylic acids is 2. The van der Waals surface area contributed by atoms with E-state index in [0.29, 0.717) is 19.3 Å². The molecule has 0 spiro atoms. The molecule has 43 heavy (non-hydrogen) atoms. The van der Waals surface area contributed by atoms with Crippen molar-refractivity contribution in [3.8, 4) is 0 Å². The highest BCUT2D eigenvalue weighted by molar-refractivity contribution is 5.86. The van der Waals surface area contributed by atoms with Crippen molar-refractivity contribution in [2.45, 2.75) is 109 Å². The predicted molar refractivity (Wildman–Crippen MR) is 167 cm³/mol. The fourth-order valence-corrected chi connectivity index (χ4v) is 5.63.